The summed E-state index contributed by atoms with van der Waals surface area (Å²) in [6.45, 7) is 8.60. The Labute approximate surface area is 288 Å². The van der Waals surface area contributed by atoms with Crippen molar-refractivity contribution >= 4 is 40.7 Å². The lowest BCUT2D eigenvalue weighted by molar-refractivity contribution is -0.231. The second kappa shape index (κ2) is 12.3. The van der Waals surface area contributed by atoms with Gasteiger partial charge in [0.25, 0.3) is 5.91 Å². The molecule has 13 heteroatoms. The Bertz CT molecular complexity index is 1750. The van der Waals surface area contributed by atoms with Gasteiger partial charge in [-0.3, -0.25) is 19.2 Å². The number of aliphatic hydroxyl groups excluding tert-OH is 1. The lowest BCUT2D eigenvalue weighted by atomic mass is 9.44. The summed E-state index contributed by atoms with van der Waals surface area (Å²) in [5.41, 5.74) is 2.62. The van der Waals surface area contributed by atoms with Crippen molar-refractivity contribution in [3.63, 3.8) is 0 Å². The molecule has 2 aromatic rings. The van der Waals surface area contributed by atoms with Crippen LogP contribution in [0.3, 0.4) is 0 Å². The zero-order valence-electron chi connectivity index (χ0n) is 28.4. The van der Waals surface area contributed by atoms with Gasteiger partial charge in [-0.05, 0) is 86.5 Å². The molecule has 3 saturated carbocycles. The standard InChI is InChI=1S/C36H44F2N4O6S/c1-6-29(44)48-36(32(47)49-18-37)19(2)12-26-25-11-10-23-14-27-22(15-33(23,4)35(25,38)28(43)16-34(26,36)5)17-40-42(27)24-9-7-8-21(13-24)31(46)41-20(3)30(39)45/h7-9,13-14,17,19-20,25-26,28,43H,6,10-12,15-16,18H2,1-5H3,(H2,39,45)(H,41,46)/t19-,20-,25?,26+,28+,33+,34+,35+,36+/m1/s1. The molecule has 1 aromatic heterocycles. The number of aliphatic hydroxyl groups is 1. The monoisotopic (exact) mass is 698 g/mol. The van der Waals surface area contributed by atoms with Crippen molar-refractivity contribution in [2.45, 2.75) is 96.6 Å². The summed E-state index contributed by atoms with van der Waals surface area (Å²) in [4.78, 5) is 50.8. The fourth-order valence-corrected chi connectivity index (χ4v) is 10.6. The highest BCUT2D eigenvalue weighted by Gasteiger charge is 2.77. The fourth-order valence-electron chi connectivity index (χ4n) is 9.81. The van der Waals surface area contributed by atoms with Gasteiger partial charge in [-0.15, -0.1) is 0 Å². The molecule has 264 valence electrons. The molecule has 6 rings (SSSR count). The van der Waals surface area contributed by atoms with Crippen LogP contribution in [-0.2, 0) is 25.5 Å². The van der Waals surface area contributed by atoms with Crippen LogP contribution in [0.25, 0.3) is 11.8 Å². The van der Waals surface area contributed by atoms with Gasteiger partial charge in [-0.25, -0.2) is 13.5 Å². The predicted molar refractivity (Wildman–Crippen MR) is 180 cm³/mol. The molecule has 3 fully saturated rings. The number of hydrogen-bond acceptors (Lipinski definition) is 8. The Kier molecular flexibility index (Phi) is 8.87. The van der Waals surface area contributed by atoms with E-state index < -0.39 is 80.9 Å². The van der Waals surface area contributed by atoms with E-state index in [0.29, 0.717) is 42.3 Å². The molecule has 4 N–H and O–H groups in total. The third-order valence-corrected chi connectivity index (χ3v) is 13.0. The topological polar surface area (TPSA) is 154 Å². The fraction of sp³-hybridized carbons (Fsp3) is 0.583. The highest BCUT2D eigenvalue weighted by Crippen LogP contribution is 2.72. The number of halogens is 2. The first-order valence-corrected chi connectivity index (χ1v) is 17.9. The number of nitrogens with zero attached hydrogens (tertiary/aromatic N) is 2. The highest BCUT2D eigenvalue weighted by molar-refractivity contribution is 8.13. The van der Waals surface area contributed by atoms with Crippen LogP contribution >= 0.6 is 11.8 Å². The number of hydrogen-bond donors (Lipinski definition) is 3. The highest BCUT2D eigenvalue weighted by atomic mass is 32.2. The Hall–Kier alpha value is -3.58. The molecular weight excluding hydrogens is 654 g/mol. The van der Waals surface area contributed by atoms with Crippen molar-refractivity contribution < 1.29 is 37.8 Å². The van der Waals surface area contributed by atoms with Gasteiger partial charge >= 0.3 is 5.97 Å². The number of nitrogens with one attached hydrogen (secondary N) is 1. The Morgan fingerprint density at radius 3 is 2.65 bits per heavy atom. The van der Waals surface area contributed by atoms with E-state index >= 15 is 4.39 Å². The molecule has 2 amide bonds. The van der Waals surface area contributed by atoms with Gasteiger partial charge in [-0.2, -0.15) is 5.10 Å². The summed E-state index contributed by atoms with van der Waals surface area (Å²) in [7, 11) is 0. The molecule has 1 aromatic carbocycles. The molecule has 0 saturated heterocycles. The number of aromatic nitrogens is 2. The summed E-state index contributed by atoms with van der Waals surface area (Å²) in [5, 5.41) is 18.6. The number of carbonyl (C=O) groups excluding carboxylic acids is 4. The van der Waals surface area contributed by atoms with Crippen LogP contribution < -0.4 is 11.1 Å². The molecule has 10 nitrogen and oxygen atoms in total. The molecule has 0 bridgehead atoms. The van der Waals surface area contributed by atoms with Gasteiger partial charge < -0.3 is 20.9 Å². The number of benzene rings is 1. The number of carbonyl (C=O) groups is 4. The van der Waals surface area contributed by atoms with Crippen molar-refractivity contribution in [1.82, 2.24) is 15.1 Å². The first kappa shape index (κ1) is 35.3. The van der Waals surface area contributed by atoms with Crippen molar-refractivity contribution in [3.8, 4) is 5.69 Å². The molecule has 0 radical (unpaired) electrons. The van der Waals surface area contributed by atoms with Crippen LogP contribution in [0.4, 0.5) is 8.78 Å². The normalized spacial score (nSPS) is 35.1. The lowest BCUT2D eigenvalue weighted by Crippen LogP contribution is -2.70. The van der Waals surface area contributed by atoms with Gasteiger partial charge in [0.1, 0.15) is 17.7 Å². The minimum Gasteiger partial charge on any atom is -0.449 e. The summed E-state index contributed by atoms with van der Waals surface area (Å²) >= 11 is 0.466. The van der Waals surface area contributed by atoms with Crippen LogP contribution in [-0.4, -0.2) is 67.2 Å². The van der Waals surface area contributed by atoms with Crippen molar-refractivity contribution in [2.24, 2.45) is 34.3 Å². The summed E-state index contributed by atoms with van der Waals surface area (Å²) in [6.07, 6.45) is 3.64. The van der Waals surface area contributed by atoms with E-state index in [9.17, 15) is 28.7 Å². The summed E-state index contributed by atoms with van der Waals surface area (Å²) in [6, 6.07) is 4.96. The molecule has 0 spiro atoms. The third-order valence-electron chi connectivity index (χ3n) is 12.3. The van der Waals surface area contributed by atoms with E-state index in [4.69, 9.17) is 10.5 Å². The van der Waals surface area contributed by atoms with Crippen molar-refractivity contribution in [1.29, 1.82) is 0 Å². The predicted octanol–water partition coefficient (Wildman–Crippen LogP) is 4.85. The minimum atomic E-state index is -2.07. The van der Waals surface area contributed by atoms with Crippen LogP contribution in [0.15, 0.2) is 36.0 Å². The van der Waals surface area contributed by atoms with E-state index in [-0.39, 0.29) is 19.3 Å². The second-order valence-electron chi connectivity index (χ2n) is 14.7. The van der Waals surface area contributed by atoms with Crippen LogP contribution in [0, 0.1) is 28.6 Å². The lowest BCUT2D eigenvalue weighted by Gasteiger charge is -2.63. The van der Waals surface area contributed by atoms with E-state index in [1.807, 2.05) is 26.8 Å². The number of alkyl halides is 2. The number of rotatable bonds is 8. The molecule has 49 heavy (non-hydrogen) atoms. The van der Waals surface area contributed by atoms with Gasteiger partial charge in [-0.1, -0.05) is 39.3 Å². The molecule has 1 heterocycles. The number of primary amides is 1. The number of nitrogens with two attached hydrogens (primary N) is 1. The van der Waals surface area contributed by atoms with E-state index in [1.54, 1.807) is 42.1 Å². The molecule has 0 aliphatic heterocycles. The number of esters is 1. The quantitative estimate of drug-likeness (QED) is 0.331. The average Bonchev–Trinajstić information content (AvgIpc) is 3.56. The van der Waals surface area contributed by atoms with E-state index in [0.717, 1.165) is 16.8 Å². The molecule has 1 unspecified atom stereocenters. The summed E-state index contributed by atoms with van der Waals surface area (Å²) < 4.78 is 39.6. The van der Waals surface area contributed by atoms with Crippen molar-refractivity contribution in [2.75, 3.05) is 6.01 Å². The maximum atomic E-state index is 18.3. The Morgan fingerprint density at radius 2 is 1.98 bits per heavy atom. The van der Waals surface area contributed by atoms with Crippen LogP contribution in [0.2, 0.25) is 0 Å². The minimum absolute atomic E-state index is 0.0239. The van der Waals surface area contributed by atoms with Gasteiger partial charge in [0.05, 0.1) is 23.7 Å². The maximum Gasteiger partial charge on any atom is 0.306 e. The molecule has 4 aliphatic carbocycles. The number of ether oxygens (including phenoxy) is 1. The van der Waals surface area contributed by atoms with E-state index in [2.05, 4.69) is 10.4 Å². The van der Waals surface area contributed by atoms with Gasteiger partial charge in [0.15, 0.2) is 5.60 Å². The second-order valence-corrected chi connectivity index (χ2v) is 15.6. The zero-order valence-corrected chi connectivity index (χ0v) is 29.2. The zero-order chi connectivity index (χ0) is 35.7. The number of thioether (sulfide) groups is 1. The largest absolute Gasteiger partial charge is 0.449 e. The van der Waals surface area contributed by atoms with Gasteiger partial charge in [0, 0.05) is 34.7 Å². The maximum absolute atomic E-state index is 18.3. The van der Waals surface area contributed by atoms with Crippen LogP contribution in [0.1, 0.15) is 88.3 Å². The third kappa shape index (κ3) is 5.00. The van der Waals surface area contributed by atoms with E-state index in [1.165, 1.54) is 6.92 Å². The number of fused-ring (bicyclic) bond motifs is 6. The number of amides is 2. The SMILES string of the molecule is CCC(=O)O[C@]1(C(=O)SCF)[C@H](C)C[C@H]2C3CCC4=Cc5c(cnn5-c5cccc(C(=O)N[C@H](C)C(N)=O)c5)C[C@]4(C)[C@@]3(F)[C@@H](O)C[C@@]21C. The average molecular weight is 699 g/mol. The molecular formula is C36H44F2N4O6S. The molecule has 9 atom stereocenters. The Morgan fingerprint density at radius 1 is 1.24 bits per heavy atom. The molecule has 4 aliphatic rings. The van der Waals surface area contributed by atoms with Crippen molar-refractivity contribution in [3.05, 3.63) is 52.9 Å². The first-order valence-electron chi connectivity index (χ1n) is 16.9. The smallest absolute Gasteiger partial charge is 0.306 e. The Balaban J connectivity index is 1.35. The number of allylic oxidation sites excluding steroid dienone is 1. The summed E-state index contributed by atoms with van der Waals surface area (Å²) in [5.74, 6) is -3.26. The van der Waals surface area contributed by atoms with Gasteiger partial charge in [0.2, 0.25) is 11.0 Å². The first-order chi connectivity index (χ1) is 23.1. The van der Waals surface area contributed by atoms with Crippen LogP contribution in [0.5, 0.6) is 0 Å².